The molecular formula is C30H33BrF2N2O3S. The van der Waals surface area contributed by atoms with Gasteiger partial charge in [-0.05, 0) is 78.1 Å². The van der Waals surface area contributed by atoms with Crippen molar-refractivity contribution in [2.24, 2.45) is 5.92 Å². The smallest absolute Gasteiger partial charge is 0.298 e. The topological polar surface area (TPSA) is 66.5 Å². The van der Waals surface area contributed by atoms with Crippen molar-refractivity contribution >= 4 is 42.6 Å². The summed E-state index contributed by atoms with van der Waals surface area (Å²) in [4.78, 5) is 15.3. The normalized spacial score (nSPS) is 22.4. The van der Waals surface area contributed by atoms with Crippen LogP contribution < -0.4 is 4.72 Å². The molecule has 2 bridgehead atoms. The van der Waals surface area contributed by atoms with Crippen molar-refractivity contribution in [1.82, 2.24) is 9.62 Å². The molecule has 2 fully saturated rings. The number of amides is 1. The van der Waals surface area contributed by atoms with E-state index >= 15 is 8.78 Å². The second-order valence-corrected chi connectivity index (χ2v) is 13.9. The summed E-state index contributed by atoms with van der Waals surface area (Å²) >= 11 is 3.25. The van der Waals surface area contributed by atoms with Gasteiger partial charge < -0.3 is 4.90 Å². The number of hydrogen-bond acceptors (Lipinski definition) is 3. The second kappa shape index (κ2) is 10.6. The van der Waals surface area contributed by atoms with Crippen LogP contribution in [0.15, 0.2) is 70.0 Å². The van der Waals surface area contributed by atoms with Crippen LogP contribution in [0.4, 0.5) is 8.78 Å². The van der Waals surface area contributed by atoms with Gasteiger partial charge in [0.15, 0.2) is 6.04 Å². The van der Waals surface area contributed by atoms with E-state index in [4.69, 9.17) is 0 Å². The Kier molecular flexibility index (Phi) is 7.63. The standard InChI is InChI=1S/C30H33BrF2N2O3S/c1-18(2)20-4-5-22-17-27(13-6-21(22)16-20)39(37,38)34-28(30(32,33)23-7-9-24(31)10-8-23)29(36)35-25-11-12-26(35)15-19(3)14-25/h4-10,13,16-19,25-26,28,34H,11-12,14-15H2,1-3H3. The zero-order valence-electron chi connectivity index (χ0n) is 22.2. The van der Waals surface area contributed by atoms with Crippen LogP contribution in [0.3, 0.4) is 0 Å². The zero-order valence-corrected chi connectivity index (χ0v) is 24.6. The Bertz CT molecular complexity index is 1480. The highest BCUT2D eigenvalue weighted by Crippen LogP contribution is 2.42. The Labute approximate surface area is 237 Å². The van der Waals surface area contributed by atoms with Gasteiger partial charge in [0, 0.05) is 22.1 Å². The van der Waals surface area contributed by atoms with E-state index in [0.29, 0.717) is 21.7 Å². The van der Waals surface area contributed by atoms with Crippen LogP contribution in [0, 0.1) is 5.92 Å². The average Bonchev–Trinajstić information content (AvgIpc) is 3.17. The van der Waals surface area contributed by atoms with Crippen molar-refractivity contribution in [3.8, 4) is 0 Å². The second-order valence-electron chi connectivity index (χ2n) is 11.3. The number of alkyl halides is 2. The number of carbonyl (C=O) groups excluding carboxylic acids is 1. The molecule has 9 heteroatoms. The Morgan fingerprint density at radius 2 is 1.56 bits per heavy atom. The minimum atomic E-state index is -4.47. The van der Waals surface area contributed by atoms with Crippen LogP contribution in [-0.2, 0) is 20.7 Å². The molecule has 5 rings (SSSR count). The average molecular weight is 620 g/mol. The molecule has 39 heavy (non-hydrogen) atoms. The lowest BCUT2D eigenvalue weighted by atomic mass is 9.91. The molecule has 0 aliphatic carbocycles. The fourth-order valence-electron chi connectivity index (χ4n) is 6.07. The van der Waals surface area contributed by atoms with Crippen LogP contribution in [0.5, 0.6) is 0 Å². The summed E-state index contributed by atoms with van der Waals surface area (Å²) in [5.74, 6) is -3.95. The molecule has 5 nitrogen and oxygen atoms in total. The van der Waals surface area contributed by atoms with Crippen LogP contribution >= 0.6 is 15.9 Å². The fourth-order valence-corrected chi connectivity index (χ4v) is 7.56. The van der Waals surface area contributed by atoms with E-state index < -0.39 is 33.5 Å². The summed E-state index contributed by atoms with van der Waals surface area (Å²) in [6.45, 7) is 6.25. The number of fused-ring (bicyclic) bond motifs is 3. The molecule has 0 spiro atoms. The van der Waals surface area contributed by atoms with Gasteiger partial charge >= 0.3 is 0 Å². The molecule has 1 N–H and O–H groups in total. The third-order valence-corrected chi connectivity index (χ3v) is 10.1. The lowest BCUT2D eigenvalue weighted by Gasteiger charge is -2.41. The molecule has 208 valence electrons. The first-order valence-electron chi connectivity index (χ1n) is 13.4. The van der Waals surface area contributed by atoms with Gasteiger partial charge in [0.05, 0.1) is 4.90 Å². The molecule has 3 aromatic rings. The molecular weight excluding hydrogens is 586 g/mol. The highest BCUT2D eigenvalue weighted by Gasteiger charge is 2.53. The van der Waals surface area contributed by atoms with Gasteiger partial charge in [-0.15, -0.1) is 0 Å². The lowest BCUT2D eigenvalue weighted by molar-refractivity contribution is -0.149. The van der Waals surface area contributed by atoms with Crippen molar-refractivity contribution in [3.63, 3.8) is 0 Å². The van der Waals surface area contributed by atoms with Gasteiger partial charge in [-0.2, -0.15) is 13.5 Å². The Balaban J connectivity index is 1.52. The van der Waals surface area contributed by atoms with E-state index in [9.17, 15) is 13.2 Å². The first-order valence-corrected chi connectivity index (χ1v) is 15.7. The summed E-state index contributed by atoms with van der Waals surface area (Å²) in [5, 5.41) is 1.53. The van der Waals surface area contributed by atoms with Gasteiger partial charge in [-0.1, -0.05) is 73.1 Å². The van der Waals surface area contributed by atoms with Gasteiger partial charge in [-0.3, -0.25) is 4.79 Å². The molecule has 3 unspecified atom stereocenters. The largest absolute Gasteiger partial charge is 0.335 e. The Hall–Kier alpha value is -2.36. The zero-order chi connectivity index (χ0) is 28.1. The first-order chi connectivity index (χ1) is 18.4. The number of carbonyl (C=O) groups is 1. The van der Waals surface area contributed by atoms with E-state index in [1.165, 1.54) is 41.3 Å². The third kappa shape index (κ3) is 5.50. The summed E-state index contributed by atoms with van der Waals surface area (Å²) in [5.41, 5.74) is 0.686. The molecule has 0 radical (unpaired) electrons. The molecule has 3 aromatic carbocycles. The number of nitrogens with one attached hydrogen (secondary N) is 1. The first kappa shape index (κ1) is 28.2. The molecule has 3 atom stereocenters. The minimum absolute atomic E-state index is 0.158. The molecule has 2 aliphatic heterocycles. The number of halogens is 3. The molecule has 0 aromatic heterocycles. The maximum absolute atomic E-state index is 16.1. The lowest BCUT2D eigenvalue weighted by Crippen LogP contribution is -2.59. The number of nitrogens with zero attached hydrogens (tertiary/aromatic N) is 1. The Morgan fingerprint density at radius 3 is 2.18 bits per heavy atom. The van der Waals surface area contributed by atoms with E-state index in [2.05, 4.69) is 41.4 Å². The van der Waals surface area contributed by atoms with E-state index in [1.54, 1.807) is 6.07 Å². The number of sulfonamides is 1. The van der Waals surface area contributed by atoms with Crippen molar-refractivity contribution < 1.29 is 22.0 Å². The molecule has 2 heterocycles. The van der Waals surface area contributed by atoms with Crippen LogP contribution in [0.2, 0.25) is 0 Å². The van der Waals surface area contributed by atoms with Gasteiger partial charge in [0.1, 0.15) is 0 Å². The van der Waals surface area contributed by atoms with Crippen molar-refractivity contribution in [3.05, 3.63) is 76.3 Å². The van der Waals surface area contributed by atoms with Crippen molar-refractivity contribution in [1.29, 1.82) is 0 Å². The van der Waals surface area contributed by atoms with Crippen LogP contribution in [-0.4, -0.2) is 37.4 Å². The number of hydrogen-bond donors (Lipinski definition) is 1. The number of piperidine rings is 1. The quantitative estimate of drug-likeness (QED) is 0.311. The predicted molar refractivity (Wildman–Crippen MR) is 152 cm³/mol. The number of rotatable bonds is 7. The predicted octanol–water partition coefficient (Wildman–Crippen LogP) is 6.95. The van der Waals surface area contributed by atoms with Gasteiger partial charge in [-0.25, -0.2) is 8.42 Å². The molecule has 0 saturated carbocycles. The summed E-state index contributed by atoms with van der Waals surface area (Å²) in [7, 11) is -4.47. The van der Waals surface area contributed by atoms with Gasteiger partial charge in [0.2, 0.25) is 15.9 Å². The molecule has 2 saturated heterocycles. The van der Waals surface area contributed by atoms with Crippen molar-refractivity contribution in [2.75, 3.05) is 0 Å². The van der Waals surface area contributed by atoms with Gasteiger partial charge in [0.25, 0.3) is 5.92 Å². The number of benzene rings is 3. The highest BCUT2D eigenvalue weighted by atomic mass is 79.9. The maximum atomic E-state index is 16.1. The maximum Gasteiger partial charge on any atom is 0.298 e. The van der Waals surface area contributed by atoms with Crippen LogP contribution in [0.25, 0.3) is 10.8 Å². The minimum Gasteiger partial charge on any atom is -0.335 e. The monoisotopic (exact) mass is 618 g/mol. The Morgan fingerprint density at radius 1 is 0.974 bits per heavy atom. The SMILES string of the molecule is CC1CC2CCC(C1)N2C(=O)C(NS(=O)(=O)c1ccc2cc(C(C)C)ccc2c1)C(F)(F)c1ccc(Br)cc1. The van der Waals surface area contributed by atoms with Crippen LogP contribution in [0.1, 0.15) is 63.5 Å². The van der Waals surface area contributed by atoms with E-state index in [0.717, 1.165) is 36.6 Å². The summed E-state index contributed by atoms with van der Waals surface area (Å²) < 4.78 is 62.2. The van der Waals surface area contributed by atoms with Crippen molar-refractivity contribution in [2.45, 2.75) is 81.3 Å². The molecule has 2 aliphatic rings. The summed E-state index contributed by atoms with van der Waals surface area (Å²) in [6.07, 6.45) is 2.95. The van der Waals surface area contributed by atoms with E-state index in [-0.39, 0.29) is 17.0 Å². The third-order valence-electron chi connectivity index (χ3n) is 8.15. The fraction of sp³-hybridized carbons (Fsp3) is 0.433. The summed E-state index contributed by atoms with van der Waals surface area (Å²) in [6, 6.07) is 13.0. The molecule has 1 amide bonds. The van der Waals surface area contributed by atoms with E-state index in [1.807, 2.05) is 18.2 Å². The highest BCUT2D eigenvalue weighted by molar-refractivity contribution is 9.10.